The Kier molecular flexibility index (Phi) is 5.56. The van der Waals surface area contributed by atoms with Crippen LogP contribution < -0.4 is 9.80 Å². The van der Waals surface area contributed by atoms with Gasteiger partial charge < -0.3 is 9.80 Å². The Hall–Kier alpha value is -4.03. The minimum atomic E-state index is -2.68. The van der Waals surface area contributed by atoms with E-state index < -0.39 is 5.92 Å². The zero-order valence-electron chi connectivity index (χ0n) is 21.8. The zero-order valence-corrected chi connectivity index (χ0v) is 21.8. The highest BCUT2D eigenvalue weighted by atomic mass is 19.3. The van der Waals surface area contributed by atoms with Gasteiger partial charge in [0.25, 0.3) is 5.92 Å². The molecule has 2 atom stereocenters. The van der Waals surface area contributed by atoms with Crippen LogP contribution in [0.5, 0.6) is 0 Å². The van der Waals surface area contributed by atoms with Gasteiger partial charge in [-0.25, -0.2) is 18.3 Å². The summed E-state index contributed by atoms with van der Waals surface area (Å²) in [5, 5.41) is 14.0. The lowest BCUT2D eigenvalue weighted by atomic mass is 9.86. The van der Waals surface area contributed by atoms with E-state index in [1.54, 1.807) is 15.6 Å². The molecular weight excluding hydrogens is 496 g/mol. The summed E-state index contributed by atoms with van der Waals surface area (Å²) in [7, 11) is 0. The van der Waals surface area contributed by atoms with E-state index in [0.29, 0.717) is 28.9 Å². The molecule has 7 heterocycles. The number of piperidine rings is 1. The first-order valence-electron chi connectivity index (χ1n) is 13.5. The number of piperazine rings is 1. The number of aryl methyl sites for hydroxylation is 1. The maximum Gasteiger partial charge on any atom is 0.282 e. The molecule has 4 aliphatic heterocycles. The SMILES string of the molecule is CCc1ccc(CN2C3CC2CN(c2ccc(-c4cc(N5CC(F)(F)C5)cn5ncc(C#N)c45)cn2)C3)cc1. The van der Waals surface area contributed by atoms with Crippen LogP contribution in [0.3, 0.4) is 0 Å². The number of pyridine rings is 2. The second kappa shape index (κ2) is 9.02. The van der Waals surface area contributed by atoms with Gasteiger partial charge in [0.2, 0.25) is 0 Å². The van der Waals surface area contributed by atoms with Gasteiger partial charge in [-0.1, -0.05) is 31.2 Å². The Morgan fingerprint density at radius 3 is 2.38 bits per heavy atom. The fourth-order valence-corrected chi connectivity index (χ4v) is 6.23. The predicted molar refractivity (Wildman–Crippen MR) is 146 cm³/mol. The molecule has 3 aromatic heterocycles. The summed E-state index contributed by atoms with van der Waals surface area (Å²) in [5.41, 5.74) is 6.08. The molecule has 4 aliphatic rings. The van der Waals surface area contributed by atoms with Gasteiger partial charge in [-0.2, -0.15) is 10.4 Å². The van der Waals surface area contributed by atoms with E-state index in [9.17, 15) is 14.0 Å². The molecule has 9 heteroatoms. The van der Waals surface area contributed by atoms with E-state index in [4.69, 9.17) is 4.98 Å². The number of fused-ring (bicyclic) bond motifs is 3. The lowest BCUT2D eigenvalue weighted by Crippen LogP contribution is -2.68. The molecule has 4 fully saturated rings. The monoisotopic (exact) mass is 525 g/mol. The van der Waals surface area contributed by atoms with Crippen LogP contribution in [0, 0.1) is 11.3 Å². The summed E-state index contributed by atoms with van der Waals surface area (Å²) in [6.45, 7) is 4.42. The van der Waals surface area contributed by atoms with Gasteiger partial charge >= 0.3 is 0 Å². The van der Waals surface area contributed by atoms with Crippen LogP contribution in [0.1, 0.15) is 30.0 Å². The third kappa shape index (κ3) is 4.20. The van der Waals surface area contributed by atoms with E-state index in [1.807, 2.05) is 24.4 Å². The highest BCUT2D eigenvalue weighted by molar-refractivity contribution is 5.86. The summed E-state index contributed by atoms with van der Waals surface area (Å²) in [4.78, 5) is 11.4. The zero-order chi connectivity index (χ0) is 26.7. The number of anilines is 2. The molecule has 1 aromatic carbocycles. The third-order valence-electron chi connectivity index (χ3n) is 8.45. The summed E-state index contributed by atoms with van der Waals surface area (Å²) >= 11 is 0. The average molecular weight is 526 g/mol. The van der Waals surface area contributed by atoms with Crippen LogP contribution in [0.25, 0.3) is 16.6 Å². The van der Waals surface area contributed by atoms with Crippen molar-refractivity contribution in [1.82, 2.24) is 19.5 Å². The van der Waals surface area contributed by atoms with Crippen LogP contribution in [0.2, 0.25) is 0 Å². The van der Waals surface area contributed by atoms with Gasteiger partial charge in [-0.3, -0.25) is 4.90 Å². The highest BCUT2D eigenvalue weighted by Crippen LogP contribution is 2.38. The number of hydrogen-bond donors (Lipinski definition) is 0. The summed E-state index contributed by atoms with van der Waals surface area (Å²) in [6.07, 6.45) is 7.33. The molecule has 0 saturated carbocycles. The fourth-order valence-electron chi connectivity index (χ4n) is 6.23. The predicted octanol–water partition coefficient (Wildman–Crippen LogP) is 4.75. The molecule has 7 nitrogen and oxygen atoms in total. The molecule has 39 heavy (non-hydrogen) atoms. The van der Waals surface area contributed by atoms with Crippen LogP contribution >= 0.6 is 0 Å². The van der Waals surface area contributed by atoms with Crippen molar-refractivity contribution >= 4 is 17.0 Å². The maximum atomic E-state index is 13.6. The fraction of sp³-hybridized carbons (Fsp3) is 0.367. The lowest BCUT2D eigenvalue weighted by Gasteiger charge is -2.56. The van der Waals surface area contributed by atoms with Crippen LogP contribution in [0.15, 0.2) is 61.1 Å². The number of benzene rings is 1. The van der Waals surface area contributed by atoms with E-state index in [2.05, 4.69) is 52.2 Å². The highest BCUT2D eigenvalue weighted by Gasteiger charge is 2.45. The molecule has 0 amide bonds. The van der Waals surface area contributed by atoms with Crippen LogP contribution in [-0.2, 0) is 13.0 Å². The van der Waals surface area contributed by atoms with Crippen molar-refractivity contribution in [2.75, 3.05) is 36.0 Å². The molecule has 0 radical (unpaired) electrons. The smallest absolute Gasteiger partial charge is 0.282 e. The Morgan fingerprint density at radius 1 is 1.00 bits per heavy atom. The third-order valence-corrected chi connectivity index (χ3v) is 8.45. The van der Waals surface area contributed by atoms with E-state index in [0.717, 1.165) is 43.0 Å². The van der Waals surface area contributed by atoms with Crippen molar-refractivity contribution < 1.29 is 8.78 Å². The van der Waals surface area contributed by atoms with Crippen molar-refractivity contribution in [2.45, 2.75) is 44.3 Å². The number of rotatable bonds is 6. The van der Waals surface area contributed by atoms with Crippen molar-refractivity contribution in [2.24, 2.45) is 0 Å². The van der Waals surface area contributed by atoms with Crippen LogP contribution in [0.4, 0.5) is 20.3 Å². The second-order valence-corrected chi connectivity index (χ2v) is 11.0. The lowest BCUT2D eigenvalue weighted by molar-refractivity contribution is -0.0263. The number of hydrogen-bond acceptors (Lipinski definition) is 6. The first kappa shape index (κ1) is 24.0. The van der Waals surface area contributed by atoms with Gasteiger partial charge in [-0.05, 0) is 42.2 Å². The molecule has 2 bridgehead atoms. The number of halogens is 2. The minimum absolute atomic E-state index is 0.320. The molecule has 4 saturated heterocycles. The molecule has 4 aromatic rings. The van der Waals surface area contributed by atoms with Gasteiger partial charge in [-0.15, -0.1) is 0 Å². The van der Waals surface area contributed by atoms with Crippen molar-refractivity contribution in [3.05, 3.63) is 77.7 Å². The summed E-state index contributed by atoms with van der Waals surface area (Å²) < 4.78 is 28.7. The molecule has 0 spiro atoms. The van der Waals surface area contributed by atoms with E-state index in [1.165, 1.54) is 23.7 Å². The Bertz CT molecular complexity index is 1550. The Balaban J connectivity index is 1.10. The Labute approximate surface area is 225 Å². The standard InChI is InChI=1S/C30H29F2N7/c1-2-20-3-5-21(6-4-20)14-38-25-9-26(38)16-36(15-25)28-8-7-22(12-34-28)27-10-24(37-18-30(31,32)19-37)17-39-29(27)23(11-33)13-35-39/h3-8,10,12-13,17,25-26H,2,9,14-16,18-19H2,1H3. The molecule has 2 unspecified atom stereocenters. The van der Waals surface area contributed by atoms with Crippen molar-refractivity contribution in [3.8, 4) is 17.2 Å². The van der Waals surface area contributed by atoms with Crippen molar-refractivity contribution in [1.29, 1.82) is 5.26 Å². The van der Waals surface area contributed by atoms with Crippen molar-refractivity contribution in [3.63, 3.8) is 0 Å². The molecular formula is C30H29F2N7. The topological polar surface area (TPSA) is 63.7 Å². The Morgan fingerprint density at radius 2 is 1.74 bits per heavy atom. The maximum absolute atomic E-state index is 13.6. The number of nitriles is 1. The number of alkyl halides is 2. The first-order chi connectivity index (χ1) is 18.9. The number of nitrogens with zero attached hydrogens (tertiary/aromatic N) is 7. The molecule has 0 aliphatic carbocycles. The van der Waals surface area contributed by atoms with E-state index in [-0.39, 0.29) is 13.1 Å². The molecule has 8 rings (SSSR count). The minimum Gasteiger partial charge on any atom is -0.358 e. The second-order valence-electron chi connectivity index (χ2n) is 11.0. The first-order valence-corrected chi connectivity index (χ1v) is 13.5. The summed E-state index contributed by atoms with van der Waals surface area (Å²) in [5.74, 6) is -1.74. The molecule has 198 valence electrons. The normalized spacial score (nSPS) is 21.9. The number of aromatic nitrogens is 3. The van der Waals surface area contributed by atoms with Gasteiger partial charge in [0.15, 0.2) is 0 Å². The van der Waals surface area contributed by atoms with Gasteiger partial charge in [0, 0.05) is 49.0 Å². The quantitative estimate of drug-likeness (QED) is 0.362. The van der Waals surface area contributed by atoms with E-state index >= 15 is 0 Å². The van der Waals surface area contributed by atoms with Crippen LogP contribution in [-0.4, -0.2) is 63.7 Å². The average Bonchev–Trinajstić information content (AvgIpc) is 3.38. The largest absolute Gasteiger partial charge is 0.358 e. The van der Waals surface area contributed by atoms with Gasteiger partial charge in [0.1, 0.15) is 11.9 Å². The van der Waals surface area contributed by atoms with Gasteiger partial charge in [0.05, 0.1) is 42.3 Å². The molecule has 0 N–H and O–H groups in total. The summed E-state index contributed by atoms with van der Waals surface area (Å²) in [6, 6.07) is 18.1.